The summed E-state index contributed by atoms with van der Waals surface area (Å²) in [4.78, 5) is 23.7. The number of nitrogens with one attached hydrogen (secondary N) is 1. The standard InChI is InChI=1S/C16H22INO4/c1-5-8-18-14(19)10-21-11-6-7-13(17)12(9-11)15(20)22-16(2,3)4/h6-7,9H,5,8,10H2,1-4H3,(H,18,19). The molecule has 0 fully saturated rings. The van der Waals surface area contributed by atoms with E-state index >= 15 is 0 Å². The third kappa shape index (κ3) is 6.64. The van der Waals surface area contributed by atoms with Crippen LogP contribution in [0.1, 0.15) is 44.5 Å². The lowest BCUT2D eigenvalue weighted by atomic mass is 10.1. The van der Waals surface area contributed by atoms with Gasteiger partial charge in [-0.1, -0.05) is 6.92 Å². The van der Waals surface area contributed by atoms with Gasteiger partial charge in [0.2, 0.25) is 0 Å². The summed E-state index contributed by atoms with van der Waals surface area (Å²) in [6.07, 6.45) is 0.873. The molecule has 0 unspecified atom stereocenters. The summed E-state index contributed by atoms with van der Waals surface area (Å²) >= 11 is 2.07. The van der Waals surface area contributed by atoms with Crippen LogP contribution in [0.4, 0.5) is 0 Å². The Bertz CT molecular complexity index is 537. The SMILES string of the molecule is CCCNC(=O)COc1ccc(I)c(C(=O)OC(C)(C)C)c1. The quantitative estimate of drug-likeness (QED) is 0.569. The number of ether oxygens (including phenoxy) is 2. The van der Waals surface area contributed by atoms with Gasteiger partial charge in [0, 0.05) is 10.1 Å². The molecule has 6 heteroatoms. The molecule has 1 N–H and O–H groups in total. The number of hydrogen-bond acceptors (Lipinski definition) is 4. The smallest absolute Gasteiger partial charge is 0.339 e. The Balaban J connectivity index is 2.73. The Morgan fingerprint density at radius 1 is 1.27 bits per heavy atom. The van der Waals surface area contributed by atoms with E-state index in [0.29, 0.717) is 17.9 Å². The zero-order chi connectivity index (χ0) is 16.8. The van der Waals surface area contributed by atoms with Crippen LogP contribution in [0.2, 0.25) is 0 Å². The van der Waals surface area contributed by atoms with Gasteiger partial charge in [0.1, 0.15) is 11.4 Å². The maximum Gasteiger partial charge on any atom is 0.339 e. The molecule has 0 saturated heterocycles. The van der Waals surface area contributed by atoms with Gasteiger partial charge in [0.15, 0.2) is 6.61 Å². The number of amides is 1. The number of hydrogen-bond donors (Lipinski definition) is 1. The fraction of sp³-hybridized carbons (Fsp3) is 0.500. The number of rotatable bonds is 6. The van der Waals surface area contributed by atoms with Crippen molar-refractivity contribution >= 4 is 34.5 Å². The van der Waals surface area contributed by atoms with Crippen LogP contribution in [0.15, 0.2) is 18.2 Å². The number of carbonyl (C=O) groups is 2. The van der Waals surface area contributed by atoms with E-state index in [1.54, 1.807) is 18.2 Å². The minimum atomic E-state index is -0.558. The fourth-order valence-electron chi connectivity index (χ4n) is 1.55. The molecule has 1 aromatic rings. The fourth-order valence-corrected chi connectivity index (χ4v) is 2.10. The molecule has 0 spiro atoms. The minimum absolute atomic E-state index is 0.0750. The Kier molecular flexibility index (Phi) is 7.12. The maximum absolute atomic E-state index is 12.2. The van der Waals surface area contributed by atoms with E-state index in [2.05, 4.69) is 27.9 Å². The predicted octanol–water partition coefficient (Wildman–Crippen LogP) is 3.15. The highest BCUT2D eigenvalue weighted by atomic mass is 127. The highest BCUT2D eigenvalue weighted by Gasteiger charge is 2.20. The molecule has 22 heavy (non-hydrogen) atoms. The van der Waals surface area contributed by atoms with E-state index in [1.165, 1.54) is 0 Å². The molecule has 5 nitrogen and oxygen atoms in total. The molecule has 1 rings (SSSR count). The molecule has 1 amide bonds. The zero-order valence-electron chi connectivity index (χ0n) is 13.4. The van der Waals surface area contributed by atoms with Crippen LogP contribution in [0.5, 0.6) is 5.75 Å². The molecule has 0 aromatic heterocycles. The van der Waals surface area contributed by atoms with E-state index in [0.717, 1.165) is 9.99 Å². The van der Waals surface area contributed by atoms with Gasteiger partial charge in [-0.15, -0.1) is 0 Å². The minimum Gasteiger partial charge on any atom is -0.484 e. The van der Waals surface area contributed by atoms with Gasteiger partial charge in [0.05, 0.1) is 5.56 Å². The van der Waals surface area contributed by atoms with Crippen LogP contribution < -0.4 is 10.1 Å². The van der Waals surface area contributed by atoms with Crippen molar-refractivity contribution in [1.29, 1.82) is 0 Å². The molecular weight excluding hydrogens is 397 g/mol. The second-order valence-corrected chi connectivity index (χ2v) is 6.94. The summed E-state index contributed by atoms with van der Waals surface area (Å²) < 4.78 is 11.6. The van der Waals surface area contributed by atoms with Crippen LogP contribution >= 0.6 is 22.6 Å². The summed E-state index contributed by atoms with van der Waals surface area (Å²) in [5, 5.41) is 2.73. The molecule has 0 aliphatic rings. The van der Waals surface area contributed by atoms with E-state index in [9.17, 15) is 9.59 Å². The Morgan fingerprint density at radius 2 is 1.95 bits per heavy atom. The summed E-state index contributed by atoms with van der Waals surface area (Å²) in [7, 11) is 0. The van der Waals surface area contributed by atoms with Gasteiger partial charge in [-0.2, -0.15) is 0 Å². The van der Waals surface area contributed by atoms with Gasteiger partial charge in [-0.3, -0.25) is 4.79 Å². The second-order valence-electron chi connectivity index (χ2n) is 5.78. The second kappa shape index (κ2) is 8.36. The number of benzene rings is 1. The van der Waals surface area contributed by atoms with Gasteiger partial charge < -0.3 is 14.8 Å². The molecule has 0 radical (unpaired) electrons. The first-order chi connectivity index (χ1) is 10.2. The average molecular weight is 419 g/mol. The zero-order valence-corrected chi connectivity index (χ0v) is 15.5. The van der Waals surface area contributed by atoms with Crippen molar-refractivity contribution in [2.75, 3.05) is 13.2 Å². The van der Waals surface area contributed by atoms with Crippen molar-refractivity contribution in [3.63, 3.8) is 0 Å². The van der Waals surface area contributed by atoms with Gasteiger partial charge >= 0.3 is 5.97 Å². The number of esters is 1. The Morgan fingerprint density at radius 3 is 2.55 bits per heavy atom. The largest absolute Gasteiger partial charge is 0.484 e. The Hall–Kier alpha value is -1.31. The highest BCUT2D eigenvalue weighted by Crippen LogP contribution is 2.22. The lowest BCUT2D eigenvalue weighted by Gasteiger charge is -2.20. The van der Waals surface area contributed by atoms with Gasteiger partial charge in [0.25, 0.3) is 5.91 Å². The number of carbonyl (C=O) groups excluding carboxylic acids is 2. The number of halogens is 1. The van der Waals surface area contributed by atoms with Crippen molar-refractivity contribution in [2.24, 2.45) is 0 Å². The van der Waals surface area contributed by atoms with Crippen molar-refractivity contribution in [2.45, 2.75) is 39.7 Å². The van der Waals surface area contributed by atoms with E-state index in [4.69, 9.17) is 9.47 Å². The molecule has 0 bridgehead atoms. The summed E-state index contributed by atoms with van der Waals surface area (Å²) in [5.74, 6) is -0.120. The third-order valence-corrected chi connectivity index (χ3v) is 3.44. The normalized spacial score (nSPS) is 11.0. The first-order valence-corrected chi connectivity index (χ1v) is 8.23. The summed E-state index contributed by atoms with van der Waals surface area (Å²) in [6, 6.07) is 5.09. The van der Waals surface area contributed by atoms with E-state index in [1.807, 2.05) is 27.7 Å². The van der Waals surface area contributed by atoms with E-state index in [-0.39, 0.29) is 12.5 Å². The topological polar surface area (TPSA) is 64.6 Å². The molecule has 122 valence electrons. The van der Waals surface area contributed by atoms with Crippen LogP contribution in [0.25, 0.3) is 0 Å². The first kappa shape index (κ1) is 18.7. The van der Waals surface area contributed by atoms with E-state index < -0.39 is 11.6 Å². The highest BCUT2D eigenvalue weighted by molar-refractivity contribution is 14.1. The molecule has 0 aliphatic heterocycles. The Labute approximate surface area is 144 Å². The van der Waals surface area contributed by atoms with Crippen molar-refractivity contribution in [3.05, 3.63) is 27.3 Å². The van der Waals surface area contributed by atoms with Crippen LogP contribution in [-0.2, 0) is 9.53 Å². The monoisotopic (exact) mass is 419 g/mol. The average Bonchev–Trinajstić information content (AvgIpc) is 2.42. The van der Waals surface area contributed by atoms with Crippen molar-refractivity contribution in [1.82, 2.24) is 5.32 Å². The predicted molar refractivity (Wildman–Crippen MR) is 93.1 cm³/mol. The molecular formula is C16H22INO4. The summed E-state index contributed by atoms with van der Waals surface area (Å²) in [5.41, 5.74) is -0.126. The molecule has 0 saturated carbocycles. The van der Waals surface area contributed by atoms with Crippen molar-refractivity contribution in [3.8, 4) is 5.75 Å². The van der Waals surface area contributed by atoms with Crippen LogP contribution in [-0.4, -0.2) is 30.6 Å². The third-order valence-electron chi connectivity index (χ3n) is 2.50. The summed E-state index contributed by atoms with van der Waals surface area (Å²) in [6.45, 7) is 7.97. The van der Waals surface area contributed by atoms with Gasteiger partial charge in [-0.05, 0) is 68.0 Å². The lowest BCUT2D eigenvalue weighted by molar-refractivity contribution is -0.123. The van der Waals surface area contributed by atoms with Crippen LogP contribution in [0.3, 0.4) is 0 Å². The maximum atomic E-state index is 12.2. The van der Waals surface area contributed by atoms with Crippen LogP contribution in [0, 0.1) is 3.57 Å². The molecule has 1 aromatic carbocycles. The lowest BCUT2D eigenvalue weighted by Crippen LogP contribution is -2.29. The molecule has 0 heterocycles. The first-order valence-electron chi connectivity index (χ1n) is 7.15. The van der Waals surface area contributed by atoms with Crippen molar-refractivity contribution < 1.29 is 19.1 Å². The molecule has 0 aliphatic carbocycles. The van der Waals surface area contributed by atoms with Gasteiger partial charge in [-0.25, -0.2) is 4.79 Å². The molecule has 0 atom stereocenters.